The fraction of sp³-hybridized carbons (Fsp3) is 0.935. The summed E-state index contributed by atoms with van der Waals surface area (Å²) in [4.78, 5) is 12.4. The molecule has 0 heterocycles. The molecule has 4 fully saturated rings. The van der Waals surface area contributed by atoms with Crippen molar-refractivity contribution < 1.29 is 14.6 Å². The number of nitrogens with zero attached hydrogens (tertiary/aromatic N) is 1. The van der Waals surface area contributed by atoms with Crippen molar-refractivity contribution in [1.82, 2.24) is 0 Å². The summed E-state index contributed by atoms with van der Waals surface area (Å²) in [5.74, 6) is 3.86. The van der Waals surface area contributed by atoms with E-state index in [9.17, 15) is 9.90 Å². The molecule has 4 saturated carbocycles. The van der Waals surface area contributed by atoms with E-state index in [4.69, 9.17) is 10.00 Å². The van der Waals surface area contributed by atoms with Gasteiger partial charge in [-0.3, -0.25) is 4.79 Å². The third-order valence-corrected chi connectivity index (χ3v) is 11.9. The lowest BCUT2D eigenvalue weighted by atomic mass is 9.41. The van der Waals surface area contributed by atoms with Gasteiger partial charge in [0.2, 0.25) is 0 Å². The highest BCUT2D eigenvalue weighted by atomic mass is 16.5. The summed E-state index contributed by atoms with van der Waals surface area (Å²) in [6, 6.07) is 2.28. The van der Waals surface area contributed by atoms with Crippen molar-refractivity contribution in [3.8, 4) is 6.07 Å². The molecule has 4 heteroatoms. The lowest BCUT2D eigenvalue weighted by molar-refractivity contribution is -0.217. The van der Waals surface area contributed by atoms with Crippen LogP contribution in [0.5, 0.6) is 0 Å². The molecule has 4 rings (SSSR count). The van der Waals surface area contributed by atoms with Gasteiger partial charge in [0.1, 0.15) is 6.10 Å². The number of nitriles is 1. The Morgan fingerprint density at radius 2 is 1.77 bits per heavy atom. The minimum atomic E-state index is -0.199. The first kappa shape index (κ1) is 27.0. The van der Waals surface area contributed by atoms with Crippen molar-refractivity contribution in [3.63, 3.8) is 0 Å². The number of fused-ring (bicyclic) bond motifs is 5. The van der Waals surface area contributed by atoms with Crippen LogP contribution in [0, 0.1) is 63.6 Å². The normalized spacial score (nSPS) is 45.5. The molecule has 0 radical (unpaired) electrons. The number of rotatable bonds is 8. The first-order valence-electron chi connectivity index (χ1n) is 14.9. The first-order chi connectivity index (χ1) is 16.7. The zero-order chi connectivity index (χ0) is 25.4. The van der Waals surface area contributed by atoms with Crippen LogP contribution < -0.4 is 0 Å². The summed E-state index contributed by atoms with van der Waals surface area (Å²) in [6.07, 6.45) is 14.3. The van der Waals surface area contributed by atoms with Crippen molar-refractivity contribution in [2.75, 3.05) is 0 Å². The molecule has 4 aliphatic carbocycles. The highest BCUT2D eigenvalue weighted by molar-refractivity contribution is 5.66. The van der Waals surface area contributed by atoms with E-state index in [1.165, 1.54) is 44.9 Å². The molecular formula is C31H51NO3. The van der Waals surface area contributed by atoms with E-state index in [1.54, 1.807) is 6.92 Å². The summed E-state index contributed by atoms with van der Waals surface area (Å²) in [7, 11) is 0. The van der Waals surface area contributed by atoms with E-state index in [1.807, 2.05) is 0 Å². The molecule has 0 bridgehead atoms. The maximum Gasteiger partial charge on any atom is 0.302 e. The number of ether oxygens (including phenoxy) is 1. The van der Waals surface area contributed by atoms with Crippen LogP contribution >= 0.6 is 0 Å². The van der Waals surface area contributed by atoms with Gasteiger partial charge in [0.15, 0.2) is 0 Å². The number of unbranched alkanes of at least 4 members (excludes halogenated alkanes) is 3. The van der Waals surface area contributed by atoms with Crippen LogP contribution in [0.3, 0.4) is 0 Å². The zero-order valence-corrected chi connectivity index (χ0v) is 23.1. The second-order valence-corrected chi connectivity index (χ2v) is 13.4. The topological polar surface area (TPSA) is 70.3 Å². The second-order valence-electron chi connectivity index (χ2n) is 13.4. The first-order valence-corrected chi connectivity index (χ1v) is 14.9. The van der Waals surface area contributed by atoms with E-state index < -0.39 is 0 Å². The Bertz CT molecular complexity index is 791. The minimum Gasteiger partial charge on any atom is -0.462 e. The molecule has 0 aromatic rings. The van der Waals surface area contributed by atoms with Gasteiger partial charge in [-0.25, -0.2) is 0 Å². The monoisotopic (exact) mass is 485 g/mol. The predicted molar refractivity (Wildman–Crippen MR) is 139 cm³/mol. The lowest BCUT2D eigenvalue weighted by Gasteiger charge is -2.65. The highest BCUT2D eigenvalue weighted by Gasteiger charge is 2.65. The second kappa shape index (κ2) is 10.7. The van der Waals surface area contributed by atoms with Gasteiger partial charge in [0.05, 0.1) is 12.2 Å². The SMILES string of the molecule is CC[C@H]1[C@@H](OC(C)=O)[C@@H]2[C@H](CC[C@]3(C)[C@@H]([C@H](C)CCCCCC#N)CC[C@@H]23)[C@@]2(C)CC[C@@H](O)C[C@@H]12. The smallest absolute Gasteiger partial charge is 0.302 e. The maximum absolute atomic E-state index is 12.4. The van der Waals surface area contributed by atoms with Crippen LogP contribution in [-0.4, -0.2) is 23.3 Å². The lowest BCUT2D eigenvalue weighted by Crippen LogP contribution is -2.63. The molecule has 198 valence electrons. The number of aliphatic hydroxyl groups is 1. The quantitative estimate of drug-likeness (QED) is 0.289. The third kappa shape index (κ3) is 4.81. The van der Waals surface area contributed by atoms with E-state index in [0.29, 0.717) is 41.4 Å². The van der Waals surface area contributed by atoms with Gasteiger partial charge >= 0.3 is 5.97 Å². The van der Waals surface area contributed by atoms with Crippen LogP contribution in [0.2, 0.25) is 0 Å². The summed E-state index contributed by atoms with van der Waals surface area (Å²) in [5, 5.41) is 19.4. The van der Waals surface area contributed by atoms with E-state index >= 15 is 0 Å². The molecule has 11 atom stereocenters. The largest absolute Gasteiger partial charge is 0.462 e. The van der Waals surface area contributed by atoms with Crippen molar-refractivity contribution in [2.24, 2.45) is 52.3 Å². The fourth-order valence-corrected chi connectivity index (χ4v) is 10.3. The fourth-order valence-electron chi connectivity index (χ4n) is 10.3. The Kier molecular flexibility index (Phi) is 8.26. The van der Waals surface area contributed by atoms with E-state index in [-0.39, 0.29) is 23.6 Å². The van der Waals surface area contributed by atoms with Crippen molar-refractivity contribution in [2.45, 2.75) is 130 Å². The summed E-state index contributed by atoms with van der Waals surface area (Å²) in [6.45, 7) is 11.5. The van der Waals surface area contributed by atoms with Gasteiger partial charge in [-0.15, -0.1) is 0 Å². The number of hydrogen-bond donors (Lipinski definition) is 1. The summed E-state index contributed by atoms with van der Waals surface area (Å²) in [5.41, 5.74) is 0.592. The average molecular weight is 486 g/mol. The highest BCUT2D eigenvalue weighted by Crippen LogP contribution is 2.70. The van der Waals surface area contributed by atoms with Crippen LogP contribution in [0.4, 0.5) is 0 Å². The molecule has 0 spiro atoms. The summed E-state index contributed by atoms with van der Waals surface area (Å²) >= 11 is 0. The molecule has 0 aromatic heterocycles. The average Bonchev–Trinajstić information content (AvgIpc) is 3.17. The molecule has 0 saturated heterocycles. The van der Waals surface area contributed by atoms with Crippen LogP contribution in [0.1, 0.15) is 118 Å². The van der Waals surface area contributed by atoms with Crippen molar-refractivity contribution >= 4 is 5.97 Å². The van der Waals surface area contributed by atoms with E-state index in [2.05, 4.69) is 33.8 Å². The summed E-state index contributed by atoms with van der Waals surface area (Å²) < 4.78 is 6.30. The number of aliphatic hydroxyl groups excluding tert-OH is 1. The van der Waals surface area contributed by atoms with Crippen LogP contribution in [0.25, 0.3) is 0 Å². The number of hydrogen-bond acceptors (Lipinski definition) is 4. The van der Waals surface area contributed by atoms with Gasteiger partial charge < -0.3 is 9.84 Å². The van der Waals surface area contributed by atoms with Crippen LogP contribution in [0.15, 0.2) is 0 Å². The van der Waals surface area contributed by atoms with Crippen molar-refractivity contribution in [3.05, 3.63) is 0 Å². The number of carbonyl (C=O) groups excluding carboxylic acids is 1. The van der Waals surface area contributed by atoms with E-state index in [0.717, 1.165) is 43.9 Å². The molecule has 0 aromatic carbocycles. The van der Waals surface area contributed by atoms with Crippen molar-refractivity contribution in [1.29, 1.82) is 5.26 Å². The number of carbonyl (C=O) groups is 1. The standard InChI is InChI=1S/C31H51NO3/c1-6-23-27-19-22(34)14-16-31(27,5)26-15-17-30(4)24(20(2)11-9-7-8-10-18-32)12-13-25(30)28(26)29(23)35-21(3)33/h20,22-29,34H,6-17,19H2,1-5H3/t20-,22-,23-,24-,25+,26+,27+,28+,29-,30-,31-/m1/s1. The van der Waals surface area contributed by atoms with Gasteiger partial charge in [-0.2, -0.15) is 5.26 Å². The van der Waals surface area contributed by atoms with Gasteiger partial charge in [-0.05, 0) is 104 Å². The molecule has 1 N–H and O–H groups in total. The van der Waals surface area contributed by atoms with Gasteiger partial charge in [-0.1, -0.05) is 47.0 Å². The Morgan fingerprint density at radius 3 is 2.46 bits per heavy atom. The van der Waals surface area contributed by atoms with Gasteiger partial charge in [0, 0.05) is 19.3 Å². The molecule has 4 nitrogen and oxygen atoms in total. The molecule has 0 aliphatic heterocycles. The Balaban J connectivity index is 1.59. The predicted octanol–water partition coefficient (Wildman–Crippen LogP) is 7.29. The van der Waals surface area contributed by atoms with Gasteiger partial charge in [0.25, 0.3) is 0 Å². The minimum absolute atomic E-state index is 0.00976. The Morgan fingerprint density at radius 1 is 1.06 bits per heavy atom. The maximum atomic E-state index is 12.4. The Labute approximate surface area is 214 Å². The molecule has 4 aliphatic rings. The number of esters is 1. The molecular weight excluding hydrogens is 434 g/mol. The molecule has 0 unspecified atom stereocenters. The zero-order valence-electron chi connectivity index (χ0n) is 23.1. The molecule has 35 heavy (non-hydrogen) atoms. The Hall–Kier alpha value is -1.08. The van der Waals surface area contributed by atoms with Crippen LogP contribution in [-0.2, 0) is 9.53 Å². The third-order valence-electron chi connectivity index (χ3n) is 11.9. The molecule has 0 amide bonds.